The van der Waals surface area contributed by atoms with Crippen molar-refractivity contribution in [3.8, 4) is 0 Å². The van der Waals surface area contributed by atoms with Crippen LogP contribution in [-0.4, -0.2) is 38.9 Å². The van der Waals surface area contributed by atoms with Crippen LogP contribution in [0.1, 0.15) is 71.1 Å². The summed E-state index contributed by atoms with van der Waals surface area (Å²) in [5.41, 5.74) is 0. The molecular formula is C19H34O5. The molecule has 0 spiro atoms. The van der Waals surface area contributed by atoms with Gasteiger partial charge in [-0.1, -0.05) is 51.9 Å². The third-order valence-electron chi connectivity index (χ3n) is 4.65. The van der Waals surface area contributed by atoms with Gasteiger partial charge < -0.3 is 14.2 Å². The highest BCUT2D eigenvalue weighted by molar-refractivity contribution is 5.82. The Labute approximate surface area is 146 Å². The second kappa shape index (κ2) is 13.2. The van der Waals surface area contributed by atoms with Gasteiger partial charge in [0.15, 0.2) is 0 Å². The molecular weight excluding hydrogens is 308 g/mol. The molecule has 1 saturated carbocycles. The predicted octanol–water partition coefficient (Wildman–Crippen LogP) is 3.89. The molecule has 1 fully saturated rings. The molecule has 0 aromatic heterocycles. The number of rotatable bonds is 12. The topological polar surface area (TPSA) is 61.8 Å². The number of hydrogen-bond acceptors (Lipinski definition) is 5. The summed E-state index contributed by atoms with van der Waals surface area (Å²) in [6.45, 7) is 3.28. The Morgan fingerprint density at radius 2 is 1.33 bits per heavy atom. The lowest BCUT2D eigenvalue weighted by Gasteiger charge is -2.28. The zero-order valence-electron chi connectivity index (χ0n) is 15.4. The number of carbonyl (C=O) groups excluding carboxylic acids is 2. The Morgan fingerprint density at radius 3 is 1.92 bits per heavy atom. The Kier molecular flexibility index (Phi) is 11.5. The Balaban J connectivity index is 2.29. The monoisotopic (exact) mass is 342 g/mol. The fourth-order valence-electron chi connectivity index (χ4n) is 3.19. The molecule has 0 aromatic rings. The maximum absolute atomic E-state index is 12.3. The van der Waals surface area contributed by atoms with Gasteiger partial charge in [0.05, 0.1) is 25.0 Å². The highest BCUT2D eigenvalue weighted by atomic mass is 16.6. The Morgan fingerprint density at radius 1 is 0.792 bits per heavy atom. The van der Waals surface area contributed by atoms with Crippen molar-refractivity contribution in [1.82, 2.24) is 0 Å². The van der Waals surface area contributed by atoms with E-state index in [1.807, 2.05) is 0 Å². The van der Waals surface area contributed by atoms with Gasteiger partial charge in [-0.25, -0.2) is 0 Å². The molecule has 0 N–H and O–H groups in total. The van der Waals surface area contributed by atoms with Gasteiger partial charge in [0.1, 0.15) is 6.61 Å². The highest BCUT2D eigenvalue weighted by Crippen LogP contribution is 2.32. The predicted molar refractivity (Wildman–Crippen MR) is 92.6 cm³/mol. The average molecular weight is 342 g/mol. The van der Waals surface area contributed by atoms with Crippen LogP contribution in [0.5, 0.6) is 0 Å². The zero-order valence-corrected chi connectivity index (χ0v) is 15.4. The summed E-state index contributed by atoms with van der Waals surface area (Å²) in [4.78, 5) is 24.5. The van der Waals surface area contributed by atoms with Crippen LogP contribution in [-0.2, 0) is 23.8 Å². The van der Waals surface area contributed by atoms with E-state index < -0.39 is 0 Å². The number of esters is 2. The minimum Gasteiger partial charge on any atom is -0.465 e. The van der Waals surface area contributed by atoms with Gasteiger partial charge in [0.25, 0.3) is 0 Å². The van der Waals surface area contributed by atoms with Crippen molar-refractivity contribution in [2.24, 2.45) is 11.8 Å². The van der Waals surface area contributed by atoms with Gasteiger partial charge in [-0.15, -0.1) is 0 Å². The van der Waals surface area contributed by atoms with E-state index >= 15 is 0 Å². The molecule has 1 aliphatic rings. The standard InChI is InChI=1S/C19H34O5/c1-3-4-5-6-7-10-13-23-18(20)16-11-8-9-12-17(16)19(21)24-15-14-22-2/h16-17H,3-15H2,1-2H3. The molecule has 0 saturated heterocycles. The van der Waals surface area contributed by atoms with Crippen LogP contribution in [0.2, 0.25) is 0 Å². The van der Waals surface area contributed by atoms with E-state index in [0.717, 1.165) is 32.1 Å². The van der Waals surface area contributed by atoms with Gasteiger partial charge in [-0.05, 0) is 19.3 Å². The Hall–Kier alpha value is -1.10. The fraction of sp³-hybridized carbons (Fsp3) is 0.895. The lowest BCUT2D eigenvalue weighted by atomic mass is 9.79. The molecule has 0 heterocycles. The first-order valence-corrected chi connectivity index (χ1v) is 9.53. The number of unbranched alkanes of at least 4 members (excludes halogenated alkanes) is 5. The van der Waals surface area contributed by atoms with Crippen molar-refractivity contribution in [2.45, 2.75) is 71.1 Å². The second-order valence-corrected chi connectivity index (χ2v) is 6.59. The van der Waals surface area contributed by atoms with Crippen LogP contribution < -0.4 is 0 Å². The van der Waals surface area contributed by atoms with Crippen molar-refractivity contribution < 1.29 is 23.8 Å². The molecule has 24 heavy (non-hydrogen) atoms. The molecule has 0 amide bonds. The molecule has 0 radical (unpaired) electrons. The number of methoxy groups -OCH3 is 1. The van der Waals surface area contributed by atoms with Crippen LogP contribution >= 0.6 is 0 Å². The summed E-state index contributed by atoms with van der Waals surface area (Å²) in [5, 5.41) is 0. The van der Waals surface area contributed by atoms with Crippen LogP contribution in [0.15, 0.2) is 0 Å². The van der Waals surface area contributed by atoms with Crippen LogP contribution in [0.3, 0.4) is 0 Å². The van der Waals surface area contributed by atoms with Crippen LogP contribution in [0.25, 0.3) is 0 Å². The van der Waals surface area contributed by atoms with E-state index in [4.69, 9.17) is 14.2 Å². The summed E-state index contributed by atoms with van der Waals surface area (Å²) in [7, 11) is 1.57. The zero-order chi connectivity index (χ0) is 17.6. The molecule has 5 heteroatoms. The second-order valence-electron chi connectivity index (χ2n) is 6.59. The minimum absolute atomic E-state index is 0.225. The Bertz CT molecular complexity index is 356. The van der Waals surface area contributed by atoms with Crippen molar-refractivity contribution >= 4 is 11.9 Å². The van der Waals surface area contributed by atoms with Gasteiger partial charge in [0, 0.05) is 7.11 Å². The molecule has 5 nitrogen and oxygen atoms in total. The third kappa shape index (κ3) is 8.13. The number of hydrogen-bond donors (Lipinski definition) is 0. The summed E-state index contributed by atoms with van der Waals surface area (Å²) >= 11 is 0. The van der Waals surface area contributed by atoms with E-state index in [1.54, 1.807) is 7.11 Å². The number of carbonyl (C=O) groups is 2. The van der Waals surface area contributed by atoms with Gasteiger partial charge >= 0.3 is 11.9 Å². The van der Waals surface area contributed by atoms with E-state index in [1.165, 1.54) is 25.7 Å². The minimum atomic E-state index is -0.354. The van der Waals surface area contributed by atoms with E-state index in [2.05, 4.69) is 6.92 Å². The van der Waals surface area contributed by atoms with Crippen molar-refractivity contribution in [1.29, 1.82) is 0 Å². The molecule has 2 atom stereocenters. The molecule has 2 unspecified atom stereocenters. The third-order valence-corrected chi connectivity index (χ3v) is 4.65. The quantitative estimate of drug-likeness (QED) is 0.398. The van der Waals surface area contributed by atoms with Crippen molar-refractivity contribution in [3.63, 3.8) is 0 Å². The van der Waals surface area contributed by atoms with Crippen LogP contribution in [0.4, 0.5) is 0 Å². The maximum Gasteiger partial charge on any atom is 0.309 e. The first-order valence-electron chi connectivity index (χ1n) is 9.53. The molecule has 1 rings (SSSR count). The van der Waals surface area contributed by atoms with Gasteiger partial charge in [-0.2, -0.15) is 0 Å². The summed E-state index contributed by atoms with van der Waals surface area (Å²) in [6, 6.07) is 0. The average Bonchev–Trinajstić information content (AvgIpc) is 2.61. The highest BCUT2D eigenvalue weighted by Gasteiger charge is 2.37. The lowest BCUT2D eigenvalue weighted by Crippen LogP contribution is -2.35. The number of ether oxygens (including phenoxy) is 3. The molecule has 1 aliphatic carbocycles. The van der Waals surface area contributed by atoms with Gasteiger partial charge in [0.2, 0.25) is 0 Å². The maximum atomic E-state index is 12.3. The first kappa shape index (κ1) is 20.9. The van der Waals surface area contributed by atoms with Gasteiger partial charge in [-0.3, -0.25) is 9.59 Å². The lowest BCUT2D eigenvalue weighted by molar-refractivity contribution is -0.163. The van der Waals surface area contributed by atoms with E-state index in [0.29, 0.717) is 19.6 Å². The summed E-state index contributed by atoms with van der Waals surface area (Å²) < 4.78 is 15.5. The van der Waals surface area contributed by atoms with E-state index in [9.17, 15) is 9.59 Å². The fourth-order valence-corrected chi connectivity index (χ4v) is 3.19. The van der Waals surface area contributed by atoms with E-state index in [-0.39, 0.29) is 30.4 Å². The van der Waals surface area contributed by atoms with Crippen molar-refractivity contribution in [2.75, 3.05) is 26.9 Å². The molecule has 0 aliphatic heterocycles. The van der Waals surface area contributed by atoms with Crippen molar-refractivity contribution in [3.05, 3.63) is 0 Å². The molecule has 140 valence electrons. The molecule has 0 bridgehead atoms. The SMILES string of the molecule is CCCCCCCCOC(=O)C1CCCCC1C(=O)OCCOC. The normalized spacial score (nSPS) is 20.6. The first-order chi connectivity index (χ1) is 11.7. The summed E-state index contributed by atoms with van der Waals surface area (Å²) in [6.07, 6.45) is 10.3. The largest absolute Gasteiger partial charge is 0.465 e. The smallest absolute Gasteiger partial charge is 0.309 e. The van der Waals surface area contributed by atoms with Crippen LogP contribution in [0, 0.1) is 11.8 Å². The summed E-state index contributed by atoms with van der Waals surface area (Å²) in [5.74, 6) is -1.20. The molecule has 0 aromatic carbocycles.